The molecule has 0 unspecified atom stereocenters. The van der Waals surface area contributed by atoms with Crippen molar-refractivity contribution in [2.24, 2.45) is 5.92 Å². The highest BCUT2D eigenvalue weighted by atomic mass is 16.2. The first-order valence-corrected chi connectivity index (χ1v) is 11.6. The van der Waals surface area contributed by atoms with Crippen molar-refractivity contribution in [2.45, 2.75) is 51.0 Å². The van der Waals surface area contributed by atoms with Crippen molar-refractivity contribution in [3.05, 3.63) is 30.1 Å². The number of nitrogens with two attached hydrogens (primary N) is 1. The van der Waals surface area contributed by atoms with Gasteiger partial charge in [-0.25, -0.2) is 4.98 Å². The molecular weight excluding hydrogens is 406 g/mol. The molecule has 0 bridgehead atoms. The smallest absolute Gasteiger partial charge is 0.252 e. The minimum absolute atomic E-state index is 0.0107. The highest BCUT2D eigenvalue weighted by Gasteiger charge is 2.52. The predicted molar refractivity (Wildman–Crippen MR) is 122 cm³/mol. The normalized spacial score (nSPS) is 22.1. The molecule has 1 atom stereocenters. The summed E-state index contributed by atoms with van der Waals surface area (Å²) < 4.78 is 1.75. The number of aromatic nitrogens is 3. The number of aryl methyl sites for hydroxylation is 1. The third-order valence-electron chi connectivity index (χ3n) is 6.98. The van der Waals surface area contributed by atoms with E-state index in [1.165, 1.54) is 0 Å². The Hall–Kier alpha value is -3.10. The fraction of sp³-hybridized carbons (Fsp3) is 0.565. The summed E-state index contributed by atoms with van der Waals surface area (Å²) >= 11 is 0. The Morgan fingerprint density at radius 1 is 1.12 bits per heavy atom. The number of nitrogens with zero attached hydrogens (tertiary/aromatic N) is 5. The lowest BCUT2D eigenvalue weighted by molar-refractivity contribution is -0.134. The quantitative estimate of drug-likeness (QED) is 0.742. The Balaban J connectivity index is 1.26. The van der Waals surface area contributed by atoms with Crippen molar-refractivity contribution >= 4 is 29.1 Å². The molecule has 0 aromatic carbocycles. The molecule has 0 spiro atoms. The third kappa shape index (κ3) is 3.80. The molecule has 2 amide bonds. The van der Waals surface area contributed by atoms with Gasteiger partial charge in [-0.15, -0.1) is 0 Å². The van der Waals surface area contributed by atoms with Gasteiger partial charge >= 0.3 is 0 Å². The van der Waals surface area contributed by atoms with E-state index in [-0.39, 0.29) is 23.6 Å². The van der Waals surface area contributed by atoms with Gasteiger partial charge in [-0.1, -0.05) is 0 Å². The van der Waals surface area contributed by atoms with Gasteiger partial charge in [0.25, 0.3) is 5.91 Å². The Morgan fingerprint density at radius 3 is 2.56 bits per heavy atom. The summed E-state index contributed by atoms with van der Waals surface area (Å²) in [6, 6.07) is 5.59. The number of hydrogen-bond acceptors (Lipinski definition) is 6. The number of nitrogens with one attached hydrogen (secondary N) is 1. The second kappa shape index (κ2) is 8.11. The molecular formula is C23H31N7O2. The molecule has 9 nitrogen and oxygen atoms in total. The standard InChI is InChI=1S/C23H31N7O2/c1-16-8-14-30(27-16)23(9-10-23)22(32)25-18-6-7-19(26-20(18)24)29-13-4-5-17(15-29)21(31)28-11-2-3-12-28/h6-8,14,17H,2-5,9-13,15H2,1H3,(H2,24,26)(H,25,32)/t17-/m1/s1. The van der Waals surface area contributed by atoms with E-state index in [0.717, 1.165) is 69.7 Å². The number of carbonyl (C=O) groups excluding carboxylic acids is 2. The summed E-state index contributed by atoms with van der Waals surface area (Å²) in [6.07, 6.45) is 7.45. The minimum atomic E-state index is -0.630. The average Bonchev–Trinajstić information content (AvgIpc) is 3.20. The lowest BCUT2D eigenvalue weighted by atomic mass is 9.96. The van der Waals surface area contributed by atoms with Gasteiger partial charge in [0.15, 0.2) is 0 Å². The van der Waals surface area contributed by atoms with Gasteiger partial charge in [-0.3, -0.25) is 14.3 Å². The summed E-state index contributed by atoms with van der Waals surface area (Å²) in [5.74, 6) is 1.21. The third-order valence-corrected chi connectivity index (χ3v) is 6.98. The molecule has 3 fully saturated rings. The van der Waals surface area contributed by atoms with Gasteiger partial charge in [0, 0.05) is 32.4 Å². The Bertz CT molecular complexity index is 1020. The molecule has 170 valence electrons. The Kier molecular flexibility index (Phi) is 5.27. The van der Waals surface area contributed by atoms with Crippen molar-refractivity contribution < 1.29 is 9.59 Å². The van der Waals surface area contributed by atoms with E-state index < -0.39 is 5.54 Å². The van der Waals surface area contributed by atoms with Crippen molar-refractivity contribution in [1.29, 1.82) is 0 Å². The molecule has 32 heavy (non-hydrogen) atoms. The largest absolute Gasteiger partial charge is 0.382 e. The van der Waals surface area contributed by atoms with Crippen LogP contribution in [0.2, 0.25) is 0 Å². The van der Waals surface area contributed by atoms with E-state index in [9.17, 15) is 9.59 Å². The number of anilines is 3. The number of nitrogen functional groups attached to an aromatic ring is 1. The predicted octanol–water partition coefficient (Wildman–Crippen LogP) is 2.14. The van der Waals surface area contributed by atoms with Gasteiger partial charge in [0.1, 0.15) is 17.2 Å². The van der Waals surface area contributed by atoms with Crippen LogP contribution in [0.1, 0.15) is 44.2 Å². The number of amides is 2. The zero-order valence-electron chi connectivity index (χ0n) is 18.6. The number of likely N-dealkylation sites (tertiary alicyclic amines) is 1. The van der Waals surface area contributed by atoms with Gasteiger partial charge < -0.3 is 20.9 Å². The van der Waals surface area contributed by atoms with E-state index in [1.54, 1.807) is 4.68 Å². The summed E-state index contributed by atoms with van der Waals surface area (Å²) in [7, 11) is 0. The zero-order chi connectivity index (χ0) is 22.3. The molecule has 4 heterocycles. The monoisotopic (exact) mass is 437 g/mol. The van der Waals surface area contributed by atoms with E-state index in [2.05, 4.69) is 20.3 Å². The maximum Gasteiger partial charge on any atom is 0.252 e. The van der Waals surface area contributed by atoms with Crippen molar-refractivity contribution in [2.75, 3.05) is 42.1 Å². The maximum absolute atomic E-state index is 13.0. The van der Waals surface area contributed by atoms with E-state index >= 15 is 0 Å². The van der Waals surface area contributed by atoms with Crippen molar-refractivity contribution in [3.8, 4) is 0 Å². The number of pyridine rings is 1. The fourth-order valence-electron chi connectivity index (χ4n) is 4.90. The molecule has 2 saturated heterocycles. The second-order valence-corrected chi connectivity index (χ2v) is 9.31. The molecule has 2 aliphatic heterocycles. The van der Waals surface area contributed by atoms with Gasteiger partial charge in [0.2, 0.25) is 5.91 Å². The van der Waals surface area contributed by atoms with Crippen LogP contribution < -0.4 is 16.0 Å². The Morgan fingerprint density at radius 2 is 1.91 bits per heavy atom. The highest BCUT2D eigenvalue weighted by molar-refractivity contribution is 6.00. The first kappa shape index (κ1) is 20.8. The number of rotatable bonds is 5. The highest BCUT2D eigenvalue weighted by Crippen LogP contribution is 2.44. The van der Waals surface area contributed by atoms with Gasteiger partial charge in [0.05, 0.1) is 17.3 Å². The van der Waals surface area contributed by atoms with E-state index in [0.29, 0.717) is 12.2 Å². The number of carbonyl (C=O) groups is 2. The van der Waals surface area contributed by atoms with Gasteiger partial charge in [-0.2, -0.15) is 5.10 Å². The molecule has 2 aromatic heterocycles. The number of hydrogen-bond donors (Lipinski definition) is 2. The topological polar surface area (TPSA) is 109 Å². The fourth-order valence-corrected chi connectivity index (χ4v) is 4.90. The number of piperidine rings is 1. The van der Waals surface area contributed by atoms with Crippen LogP contribution in [0.25, 0.3) is 0 Å². The molecule has 5 rings (SSSR count). The van der Waals surface area contributed by atoms with Crippen LogP contribution in [-0.4, -0.2) is 57.7 Å². The SMILES string of the molecule is Cc1ccn(C2(C(=O)Nc3ccc(N4CCC[C@@H](C(=O)N5CCCC5)C4)nc3N)CC2)n1. The maximum atomic E-state index is 13.0. The molecule has 9 heteroatoms. The molecule has 3 N–H and O–H groups in total. The molecule has 1 saturated carbocycles. The zero-order valence-corrected chi connectivity index (χ0v) is 18.6. The molecule has 3 aliphatic rings. The van der Waals surface area contributed by atoms with Crippen LogP contribution in [0, 0.1) is 12.8 Å². The average molecular weight is 438 g/mol. The summed E-state index contributed by atoms with van der Waals surface area (Å²) in [6.45, 7) is 5.19. The molecule has 2 aromatic rings. The first-order valence-electron chi connectivity index (χ1n) is 11.6. The molecule has 0 radical (unpaired) electrons. The van der Waals surface area contributed by atoms with E-state index in [4.69, 9.17) is 5.73 Å². The van der Waals surface area contributed by atoms with Crippen LogP contribution in [0.15, 0.2) is 24.4 Å². The van der Waals surface area contributed by atoms with Gasteiger partial charge in [-0.05, 0) is 63.6 Å². The van der Waals surface area contributed by atoms with Crippen LogP contribution in [0.3, 0.4) is 0 Å². The molecule has 1 aliphatic carbocycles. The second-order valence-electron chi connectivity index (χ2n) is 9.31. The summed E-state index contributed by atoms with van der Waals surface area (Å²) in [5.41, 5.74) is 6.99. The minimum Gasteiger partial charge on any atom is -0.382 e. The van der Waals surface area contributed by atoms with Crippen LogP contribution >= 0.6 is 0 Å². The summed E-state index contributed by atoms with van der Waals surface area (Å²) in [4.78, 5) is 34.5. The van der Waals surface area contributed by atoms with Crippen LogP contribution in [-0.2, 0) is 15.1 Å². The van der Waals surface area contributed by atoms with E-state index in [1.807, 2.05) is 36.2 Å². The summed E-state index contributed by atoms with van der Waals surface area (Å²) in [5, 5.41) is 7.37. The lowest BCUT2D eigenvalue weighted by Gasteiger charge is -2.34. The van der Waals surface area contributed by atoms with Crippen LogP contribution in [0.5, 0.6) is 0 Å². The lowest BCUT2D eigenvalue weighted by Crippen LogP contribution is -2.44. The van der Waals surface area contributed by atoms with Crippen LogP contribution in [0.4, 0.5) is 17.3 Å². The van der Waals surface area contributed by atoms with Crippen molar-refractivity contribution in [1.82, 2.24) is 19.7 Å². The Labute approximate surface area is 188 Å². The van der Waals surface area contributed by atoms with Crippen molar-refractivity contribution in [3.63, 3.8) is 0 Å². The first-order chi connectivity index (χ1) is 15.5.